The maximum Gasteiger partial charge on any atom is 0.331 e. The van der Waals surface area contributed by atoms with Crippen molar-refractivity contribution in [2.45, 2.75) is 19.6 Å². The lowest BCUT2D eigenvalue weighted by Crippen LogP contribution is -2.35. The molecule has 7 heteroatoms. The zero-order valence-corrected chi connectivity index (χ0v) is 15.4. The molecule has 0 aliphatic carbocycles. The number of fused-ring (bicyclic) bond motifs is 1. The summed E-state index contributed by atoms with van der Waals surface area (Å²) in [5, 5.41) is 3.34. The van der Waals surface area contributed by atoms with Crippen LogP contribution in [0.5, 0.6) is 11.5 Å². The Bertz CT molecular complexity index is 863. The molecule has 27 heavy (non-hydrogen) atoms. The number of halogens is 1. The maximum atomic E-state index is 12.1. The molecular weight excluding hydrogens is 370 g/mol. The molecule has 1 atom stereocenters. The van der Waals surface area contributed by atoms with E-state index in [2.05, 4.69) is 5.32 Å². The topological polar surface area (TPSA) is 73.9 Å². The third kappa shape index (κ3) is 5.24. The lowest BCUT2D eigenvalue weighted by Gasteiger charge is -2.12. The molecule has 0 fully saturated rings. The Morgan fingerprint density at radius 3 is 2.70 bits per heavy atom. The first kappa shape index (κ1) is 18.8. The van der Waals surface area contributed by atoms with Gasteiger partial charge in [-0.2, -0.15) is 0 Å². The summed E-state index contributed by atoms with van der Waals surface area (Å²) in [4.78, 5) is 24.0. The summed E-state index contributed by atoms with van der Waals surface area (Å²) in [7, 11) is 0. The third-order valence-corrected chi connectivity index (χ3v) is 4.10. The van der Waals surface area contributed by atoms with Crippen LogP contribution >= 0.6 is 11.6 Å². The van der Waals surface area contributed by atoms with E-state index in [1.54, 1.807) is 42.5 Å². The summed E-state index contributed by atoms with van der Waals surface area (Å²) >= 11 is 5.81. The zero-order valence-electron chi connectivity index (χ0n) is 14.6. The molecule has 1 unspecified atom stereocenters. The van der Waals surface area contributed by atoms with Gasteiger partial charge in [0.15, 0.2) is 17.6 Å². The van der Waals surface area contributed by atoms with Crippen LogP contribution in [0.2, 0.25) is 5.02 Å². The summed E-state index contributed by atoms with van der Waals surface area (Å²) < 4.78 is 15.6. The first-order valence-electron chi connectivity index (χ1n) is 8.32. The molecule has 0 bridgehead atoms. The highest BCUT2D eigenvalue weighted by molar-refractivity contribution is 6.30. The molecule has 1 aliphatic heterocycles. The molecule has 3 rings (SSSR count). The molecule has 1 aliphatic rings. The highest BCUT2D eigenvalue weighted by Crippen LogP contribution is 2.32. The molecule has 0 spiro atoms. The summed E-state index contributed by atoms with van der Waals surface area (Å²) in [6.07, 6.45) is 1.95. The monoisotopic (exact) mass is 387 g/mol. The number of carbonyl (C=O) groups is 2. The number of amides is 1. The van der Waals surface area contributed by atoms with Gasteiger partial charge in [-0.05, 0) is 48.4 Å². The zero-order chi connectivity index (χ0) is 19.2. The summed E-state index contributed by atoms with van der Waals surface area (Å²) in [5.41, 5.74) is 1.66. The average Bonchev–Trinajstić information content (AvgIpc) is 3.13. The van der Waals surface area contributed by atoms with Gasteiger partial charge in [-0.1, -0.05) is 29.8 Å². The van der Waals surface area contributed by atoms with Gasteiger partial charge >= 0.3 is 5.97 Å². The maximum absolute atomic E-state index is 12.1. The smallest absolute Gasteiger partial charge is 0.331 e. The number of benzene rings is 2. The fraction of sp³-hybridized carbons (Fsp3) is 0.200. The van der Waals surface area contributed by atoms with Gasteiger partial charge < -0.3 is 19.5 Å². The van der Waals surface area contributed by atoms with Crippen molar-refractivity contribution in [3.05, 3.63) is 64.7 Å². The van der Waals surface area contributed by atoms with Crippen molar-refractivity contribution in [3.63, 3.8) is 0 Å². The Kier molecular flexibility index (Phi) is 5.98. The standard InChI is InChI=1S/C20H18ClNO5/c1-13(27-19(23)9-5-14-2-6-16(21)7-3-14)20(24)22-11-15-4-8-17-18(10-15)26-12-25-17/h2-10,13H,11-12H2,1H3,(H,22,24). The lowest BCUT2D eigenvalue weighted by atomic mass is 10.2. The van der Waals surface area contributed by atoms with Gasteiger partial charge in [-0.15, -0.1) is 0 Å². The van der Waals surface area contributed by atoms with Crippen LogP contribution in [0, 0.1) is 0 Å². The van der Waals surface area contributed by atoms with Crippen molar-refractivity contribution in [2.24, 2.45) is 0 Å². The van der Waals surface area contributed by atoms with Gasteiger partial charge in [0.25, 0.3) is 5.91 Å². The lowest BCUT2D eigenvalue weighted by molar-refractivity contribution is -0.150. The van der Waals surface area contributed by atoms with Crippen molar-refractivity contribution in [1.82, 2.24) is 5.32 Å². The second-order valence-corrected chi connectivity index (χ2v) is 6.31. The van der Waals surface area contributed by atoms with Gasteiger partial charge in [0.2, 0.25) is 6.79 Å². The number of rotatable bonds is 6. The normalized spacial score (nSPS) is 13.4. The van der Waals surface area contributed by atoms with Crippen molar-refractivity contribution >= 4 is 29.6 Å². The van der Waals surface area contributed by atoms with Crippen LogP contribution in [0.25, 0.3) is 6.08 Å². The van der Waals surface area contributed by atoms with E-state index in [0.717, 1.165) is 11.1 Å². The Labute approximate surface area is 161 Å². The number of ether oxygens (including phenoxy) is 3. The number of carbonyl (C=O) groups excluding carboxylic acids is 2. The molecule has 2 aromatic carbocycles. The molecule has 140 valence electrons. The molecular formula is C20H18ClNO5. The summed E-state index contributed by atoms with van der Waals surface area (Å²) in [6, 6.07) is 12.4. The van der Waals surface area contributed by atoms with Crippen molar-refractivity contribution in [1.29, 1.82) is 0 Å². The number of esters is 1. The Morgan fingerprint density at radius 1 is 1.19 bits per heavy atom. The molecule has 1 heterocycles. The molecule has 2 aromatic rings. The SMILES string of the molecule is CC(OC(=O)C=Cc1ccc(Cl)cc1)C(=O)NCc1ccc2c(c1)OCO2. The van der Waals surface area contributed by atoms with Crippen LogP contribution in [0.4, 0.5) is 0 Å². The van der Waals surface area contributed by atoms with E-state index in [4.69, 9.17) is 25.8 Å². The van der Waals surface area contributed by atoms with Crippen LogP contribution in [0.1, 0.15) is 18.1 Å². The number of nitrogens with one attached hydrogen (secondary N) is 1. The van der Waals surface area contributed by atoms with E-state index in [0.29, 0.717) is 16.5 Å². The van der Waals surface area contributed by atoms with Gasteiger partial charge in [0.1, 0.15) is 0 Å². The highest BCUT2D eigenvalue weighted by Gasteiger charge is 2.17. The van der Waals surface area contributed by atoms with E-state index >= 15 is 0 Å². The first-order valence-corrected chi connectivity index (χ1v) is 8.69. The second kappa shape index (κ2) is 8.60. The predicted octanol–water partition coefficient (Wildman–Crippen LogP) is 3.33. The quantitative estimate of drug-likeness (QED) is 0.608. The van der Waals surface area contributed by atoms with Crippen LogP contribution in [-0.2, 0) is 20.9 Å². The largest absolute Gasteiger partial charge is 0.454 e. The molecule has 0 saturated heterocycles. The van der Waals surface area contributed by atoms with E-state index in [9.17, 15) is 9.59 Å². The van der Waals surface area contributed by atoms with Crippen molar-refractivity contribution in [2.75, 3.05) is 6.79 Å². The molecule has 6 nitrogen and oxygen atoms in total. The molecule has 1 amide bonds. The molecule has 0 saturated carbocycles. The fourth-order valence-electron chi connectivity index (χ4n) is 2.39. The molecule has 0 radical (unpaired) electrons. The van der Waals surface area contributed by atoms with Crippen molar-refractivity contribution < 1.29 is 23.8 Å². The number of hydrogen-bond donors (Lipinski definition) is 1. The third-order valence-electron chi connectivity index (χ3n) is 3.85. The minimum absolute atomic E-state index is 0.196. The van der Waals surface area contributed by atoms with E-state index in [1.807, 2.05) is 6.07 Å². The summed E-state index contributed by atoms with van der Waals surface area (Å²) in [6.45, 7) is 2.00. The average molecular weight is 388 g/mol. The number of hydrogen-bond acceptors (Lipinski definition) is 5. The Balaban J connectivity index is 1.47. The van der Waals surface area contributed by atoms with Gasteiger partial charge in [-0.3, -0.25) is 4.79 Å². The molecule has 0 aromatic heterocycles. The summed E-state index contributed by atoms with van der Waals surface area (Å²) in [5.74, 6) is 0.338. The predicted molar refractivity (Wildman–Crippen MR) is 100 cm³/mol. The van der Waals surface area contributed by atoms with Crippen LogP contribution in [0.15, 0.2) is 48.5 Å². The van der Waals surface area contributed by atoms with E-state index in [-0.39, 0.29) is 19.2 Å². The van der Waals surface area contributed by atoms with Crippen LogP contribution < -0.4 is 14.8 Å². The van der Waals surface area contributed by atoms with Gasteiger partial charge in [0, 0.05) is 17.6 Å². The van der Waals surface area contributed by atoms with Gasteiger partial charge in [0.05, 0.1) is 0 Å². The minimum Gasteiger partial charge on any atom is -0.454 e. The van der Waals surface area contributed by atoms with Crippen LogP contribution in [0.3, 0.4) is 0 Å². The van der Waals surface area contributed by atoms with E-state index < -0.39 is 12.1 Å². The second-order valence-electron chi connectivity index (χ2n) is 5.87. The van der Waals surface area contributed by atoms with Gasteiger partial charge in [-0.25, -0.2) is 4.79 Å². The Morgan fingerprint density at radius 2 is 1.93 bits per heavy atom. The molecule has 1 N–H and O–H groups in total. The fourth-order valence-corrected chi connectivity index (χ4v) is 2.51. The van der Waals surface area contributed by atoms with Crippen molar-refractivity contribution in [3.8, 4) is 11.5 Å². The Hall–Kier alpha value is -2.99. The minimum atomic E-state index is -0.915. The van der Waals surface area contributed by atoms with Crippen LogP contribution in [-0.4, -0.2) is 24.8 Å². The first-order chi connectivity index (χ1) is 13.0. The van der Waals surface area contributed by atoms with E-state index in [1.165, 1.54) is 13.0 Å². The highest BCUT2D eigenvalue weighted by atomic mass is 35.5.